The maximum Gasteiger partial charge on any atom is 0.410 e. The number of rotatable bonds is 26. The van der Waals surface area contributed by atoms with E-state index >= 15 is 0 Å². The van der Waals surface area contributed by atoms with Crippen molar-refractivity contribution in [2.24, 2.45) is 22.9 Å². The summed E-state index contributed by atoms with van der Waals surface area (Å²) < 4.78 is 53.1. The fraction of sp³-hybridized carbons (Fsp3) is 0.538. The van der Waals surface area contributed by atoms with E-state index in [4.69, 9.17) is 38.4 Å². The van der Waals surface area contributed by atoms with Gasteiger partial charge in [-0.2, -0.15) is 0 Å². The van der Waals surface area contributed by atoms with Gasteiger partial charge in [0.05, 0.1) is 51.3 Å². The minimum atomic E-state index is -1.54. The van der Waals surface area contributed by atoms with Crippen LogP contribution in [0.15, 0.2) is 102 Å². The Morgan fingerprint density at radius 3 is 2.39 bits per heavy atom. The van der Waals surface area contributed by atoms with Crippen molar-refractivity contribution in [3.8, 4) is 11.5 Å². The van der Waals surface area contributed by atoms with Gasteiger partial charge >= 0.3 is 6.09 Å². The van der Waals surface area contributed by atoms with Gasteiger partial charge in [0.25, 0.3) is 0 Å². The van der Waals surface area contributed by atoms with Gasteiger partial charge in [-0.3, -0.25) is 4.90 Å². The maximum absolute atomic E-state index is 14.8. The van der Waals surface area contributed by atoms with E-state index in [2.05, 4.69) is 12.7 Å². The van der Waals surface area contributed by atoms with Gasteiger partial charge in [-0.1, -0.05) is 78.7 Å². The SMILES string of the molecule is C=CCOC12Oc3ccc(OCc4ccccc4F)cc3C3C(CCCCO)C(CCCCO)C=C(C(=NOC(C)(C)C)CC1N(CCOCCO)C(=O)OCCOCc1ccccc1)C32. The molecule has 1 fully saturated rings. The minimum Gasteiger partial charge on any atom is -0.489 e. The van der Waals surface area contributed by atoms with Crippen LogP contribution in [0, 0.1) is 23.6 Å². The van der Waals surface area contributed by atoms with Crippen molar-refractivity contribution in [1.29, 1.82) is 0 Å². The zero-order valence-electron chi connectivity index (χ0n) is 38.8. The summed E-state index contributed by atoms with van der Waals surface area (Å²) in [6, 6.07) is 21.0. The number of carbonyl (C=O) groups excluding carboxylic acids is 1. The van der Waals surface area contributed by atoms with E-state index in [1.807, 2.05) is 63.2 Å². The first-order chi connectivity index (χ1) is 32.0. The molecule has 0 radical (unpaired) electrons. The molecule has 3 aliphatic rings. The molecule has 1 aliphatic heterocycles. The summed E-state index contributed by atoms with van der Waals surface area (Å²) in [4.78, 5) is 22.5. The Morgan fingerprint density at radius 1 is 0.909 bits per heavy atom. The number of amides is 1. The van der Waals surface area contributed by atoms with Gasteiger partial charge in [-0.25, -0.2) is 9.18 Å². The molecule has 2 aliphatic carbocycles. The monoisotopic (exact) mass is 916 g/mol. The molecule has 3 N–H and O–H groups in total. The average Bonchev–Trinajstić information content (AvgIpc) is 3.31. The highest BCUT2D eigenvalue weighted by atomic mass is 19.1. The highest BCUT2D eigenvalue weighted by Gasteiger charge is 2.65. The Bertz CT molecular complexity index is 2060. The fourth-order valence-electron chi connectivity index (χ4n) is 9.45. The molecule has 14 heteroatoms. The highest BCUT2D eigenvalue weighted by molar-refractivity contribution is 6.03. The second kappa shape index (κ2) is 24.8. The third-order valence-corrected chi connectivity index (χ3v) is 12.3. The summed E-state index contributed by atoms with van der Waals surface area (Å²) in [5.41, 5.74) is 3.12. The number of nitrogens with zero attached hydrogens (tertiary/aromatic N) is 2. The van der Waals surface area contributed by atoms with Gasteiger partial charge in [0.15, 0.2) is 0 Å². The number of aliphatic hydroxyl groups is 3. The summed E-state index contributed by atoms with van der Waals surface area (Å²) >= 11 is 0. The summed E-state index contributed by atoms with van der Waals surface area (Å²) in [6.07, 6.45) is 7.74. The van der Waals surface area contributed by atoms with Crippen LogP contribution in [-0.4, -0.2) is 109 Å². The molecule has 360 valence electrons. The van der Waals surface area contributed by atoms with Gasteiger partial charge in [0.1, 0.15) is 42.2 Å². The first-order valence-corrected chi connectivity index (χ1v) is 23.4. The van der Waals surface area contributed by atoms with Crippen LogP contribution >= 0.6 is 0 Å². The second-order valence-corrected chi connectivity index (χ2v) is 18.0. The molecule has 6 unspecified atom stereocenters. The number of ether oxygens (including phenoxy) is 6. The predicted molar refractivity (Wildman–Crippen MR) is 249 cm³/mol. The Morgan fingerprint density at radius 2 is 1.67 bits per heavy atom. The summed E-state index contributed by atoms with van der Waals surface area (Å²) in [5, 5.41) is 34.4. The van der Waals surface area contributed by atoms with Gasteiger partial charge < -0.3 is 48.6 Å². The van der Waals surface area contributed by atoms with Crippen molar-refractivity contribution < 1.29 is 57.8 Å². The normalized spacial score (nSPS) is 22.7. The molecule has 3 aromatic rings. The Hall–Kier alpha value is -4.83. The lowest BCUT2D eigenvalue weighted by Crippen LogP contribution is -2.70. The lowest BCUT2D eigenvalue weighted by Gasteiger charge is -2.60. The van der Waals surface area contributed by atoms with Crippen LogP contribution in [0.25, 0.3) is 0 Å². The summed E-state index contributed by atoms with van der Waals surface area (Å²) in [6.45, 7) is 10.5. The molecule has 0 spiro atoms. The molecule has 3 aromatic carbocycles. The number of hydrogen-bond donors (Lipinski definition) is 3. The van der Waals surface area contributed by atoms with Gasteiger partial charge in [0, 0.05) is 43.2 Å². The number of aliphatic hydroxyl groups excluding tert-OH is 3. The largest absolute Gasteiger partial charge is 0.489 e. The van der Waals surface area contributed by atoms with Gasteiger partial charge in [0.2, 0.25) is 5.79 Å². The number of oxime groups is 1. The second-order valence-electron chi connectivity index (χ2n) is 18.0. The standard InChI is InChI=1S/C52H69FN2O11/c1-5-27-64-52-47(55(23-28-60-29-26-58)50(59)62-31-30-61-35-37-15-7-6-8-16-37)34-45(54-66-51(2,3)4)42-32-38(17-11-13-24-56)41(19-12-14-25-57)48(49(42)52)43-33-40(21-22-46(43)65-52)63-36-39-18-9-10-20-44(39)53/h5-10,15-16,18,20-22,32-33,38,41,47-49,56-58H,1,11-14,17,19,23-31,34-36H2,2-4H3. The first-order valence-electron chi connectivity index (χ1n) is 23.4. The lowest BCUT2D eigenvalue weighted by molar-refractivity contribution is -0.256. The zero-order chi connectivity index (χ0) is 46.9. The van der Waals surface area contributed by atoms with Crippen LogP contribution in [0.1, 0.15) is 88.3 Å². The smallest absolute Gasteiger partial charge is 0.410 e. The van der Waals surface area contributed by atoms with E-state index in [1.165, 1.54) is 6.07 Å². The third-order valence-electron chi connectivity index (χ3n) is 12.3. The number of fused-ring (bicyclic) bond motifs is 2. The first kappa shape index (κ1) is 50.6. The average molecular weight is 917 g/mol. The fourth-order valence-corrected chi connectivity index (χ4v) is 9.45. The zero-order valence-corrected chi connectivity index (χ0v) is 38.8. The molecule has 1 saturated carbocycles. The number of hydrogen-bond acceptors (Lipinski definition) is 12. The van der Waals surface area contributed by atoms with Crippen molar-refractivity contribution in [3.63, 3.8) is 0 Å². The quantitative estimate of drug-likeness (QED) is 0.0403. The number of carbonyl (C=O) groups is 1. The van der Waals surface area contributed by atoms with E-state index in [-0.39, 0.29) is 96.0 Å². The molecule has 13 nitrogen and oxygen atoms in total. The van der Waals surface area contributed by atoms with Crippen molar-refractivity contribution in [1.82, 2.24) is 4.90 Å². The van der Waals surface area contributed by atoms with Gasteiger partial charge in [-0.05, 0) is 93.7 Å². The molecule has 0 saturated heterocycles. The summed E-state index contributed by atoms with van der Waals surface area (Å²) in [5.74, 6) is -1.75. The molecule has 66 heavy (non-hydrogen) atoms. The number of halogens is 1. The molecular weight excluding hydrogens is 848 g/mol. The number of unbranched alkanes of at least 4 members (excludes halogenated alkanes) is 2. The molecule has 6 rings (SSSR count). The maximum atomic E-state index is 14.8. The van der Waals surface area contributed by atoms with Crippen LogP contribution < -0.4 is 9.47 Å². The molecule has 6 atom stereocenters. The molecular formula is C52H69FN2O11. The Kier molecular flexibility index (Phi) is 19.0. The van der Waals surface area contributed by atoms with Crippen LogP contribution in [0.3, 0.4) is 0 Å². The Balaban J connectivity index is 1.49. The van der Waals surface area contributed by atoms with E-state index in [0.717, 1.165) is 42.4 Å². The molecule has 1 amide bonds. The van der Waals surface area contributed by atoms with E-state index in [9.17, 15) is 24.5 Å². The molecule has 0 bridgehead atoms. The lowest BCUT2D eigenvalue weighted by atomic mass is 9.55. The summed E-state index contributed by atoms with van der Waals surface area (Å²) in [7, 11) is 0. The highest BCUT2D eigenvalue weighted by Crippen LogP contribution is 2.62. The van der Waals surface area contributed by atoms with Crippen molar-refractivity contribution in [2.45, 2.75) is 102 Å². The minimum absolute atomic E-state index is 0.0113. The van der Waals surface area contributed by atoms with Crippen LogP contribution in [0.5, 0.6) is 11.5 Å². The number of benzene rings is 3. The van der Waals surface area contributed by atoms with E-state index in [1.54, 1.807) is 35.2 Å². The molecule has 1 heterocycles. The van der Waals surface area contributed by atoms with E-state index in [0.29, 0.717) is 42.2 Å². The topological polar surface area (TPSA) is 158 Å². The van der Waals surface area contributed by atoms with Crippen LogP contribution in [0.2, 0.25) is 0 Å². The predicted octanol–water partition coefficient (Wildman–Crippen LogP) is 8.50. The van der Waals surface area contributed by atoms with Gasteiger partial charge in [-0.15, -0.1) is 6.58 Å². The Labute approximate surface area is 389 Å². The third kappa shape index (κ3) is 13.0. The molecule has 0 aromatic heterocycles. The van der Waals surface area contributed by atoms with E-state index < -0.39 is 29.4 Å². The van der Waals surface area contributed by atoms with Crippen molar-refractivity contribution >= 4 is 11.8 Å². The number of allylic oxidation sites excluding steroid dienone is 1. The van der Waals surface area contributed by atoms with Crippen molar-refractivity contribution in [3.05, 3.63) is 120 Å². The van der Waals surface area contributed by atoms with Crippen LogP contribution in [0.4, 0.5) is 9.18 Å². The van der Waals surface area contributed by atoms with Crippen molar-refractivity contribution in [2.75, 3.05) is 59.4 Å². The van der Waals surface area contributed by atoms with Crippen LogP contribution in [-0.2, 0) is 37.0 Å².